The third-order valence-electron chi connectivity index (χ3n) is 2.88. The molecule has 84 valence electrons. The fraction of sp³-hybridized carbons (Fsp3) is 0.800. The number of aryl methyl sites for hydroxylation is 1. The maximum Gasteiger partial charge on any atom is 0.151 e. The van der Waals surface area contributed by atoms with Crippen LogP contribution in [0.2, 0.25) is 0 Å². The van der Waals surface area contributed by atoms with Gasteiger partial charge in [0.05, 0.1) is 6.10 Å². The van der Waals surface area contributed by atoms with Crippen LogP contribution in [0.5, 0.6) is 0 Å². The molecule has 0 radical (unpaired) electrons. The Kier molecular flexibility index (Phi) is 3.33. The molecule has 15 heavy (non-hydrogen) atoms. The first kappa shape index (κ1) is 10.6. The molecule has 0 aromatic carbocycles. The van der Waals surface area contributed by atoms with Gasteiger partial charge < -0.3 is 10.4 Å². The number of rotatable bonds is 4. The monoisotopic (exact) mass is 210 g/mol. The third kappa shape index (κ3) is 2.76. The molecule has 0 amide bonds. The van der Waals surface area contributed by atoms with E-state index in [9.17, 15) is 5.11 Å². The standard InChI is InChI=1S/C10H18N4O/c1-14-7-12-10(13-14)5-6-11-8-3-2-4-9(8)15/h7-9,11,15H,2-6H2,1H3/t8-,9-/m0/s1. The zero-order valence-electron chi connectivity index (χ0n) is 9.06. The van der Waals surface area contributed by atoms with E-state index in [0.29, 0.717) is 0 Å². The van der Waals surface area contributed by atoms with E-state index in [4.69, 9.17) is 0 Å². The summed E-state index contributed by atoms with van der Waals surface area (Å²) < 4.78 is 1.71. The molecule has 0 unspecified atom stereocenters. The van der Waals surface area contributed by atoms with Gasteiger partial charge in [0.15, 0.2) is 5.82 Å². The lowest BCUT2D eigenvalue weighted by atomic mass is 10.2. The normalized spacial score (nSPS) is 26.0. The Morgan fingerprint density at radius 1 is 1.60 bits per heavy atom. The van der Waals surface area contributed by atoms with Gasteiger partial charge in [-0.2, -0.15) is 5.10 Å². The molecule has 2 atom stereocenters. The van der Waals surface area contributed by atoms with Crippen LogP contribution >= 0.6 is 0 Å². The van der Waals surface area contributed by atoms with Crippen molar-refractivity contribution < 1.29 is 5.11 Å². The summed E-state index contributed by atoms with van der Waals surface area (Å²) in [5.41, 5.74) is 0. The van der Waals surface area contributed by atoms with Crippen molar-refractivity contribution in [3.8, 4) is 0 Å². The highest BCUT2D eigenvalue weighted by molar-refractivity contribution is 4.86. The fourth-order valence-corrected chi connectivity index (χ4v) is 2.05. The molecule has 0 spiro atoms. The van der Waals surface area contributed by atoms with E-state index in [0.717, 1.165) is 38.1 Å². The maximum atomic E-state index is 9.59. The Morgan fingerprint density at radius 2 is 2.47 bits per heavy atom. The van der Waals surface area contributed by atoms with Crippen LogP contribution in [0.1, 0.15) is 25.1 Å². The SMILES string of the molecule is Cn1cnc(CCN[C@H]2CCC[C@@H]2O)n1. The van der Waals surface area contributed by atoms with Crippen LogP contribution in [0.4, 0.5) is 0 Å². The molecule has 1 aromatic heterocycles. The number of aliphatic hydroxyl groups is 1. The van der Waals surface area contributed by atoms with Crippen LogP contribution in [0.15, 0.2) is 6.33 Å². The molecule has 5 heteroatoms. The average molecular weight is 210 g/mol. The summed E-state index contributed by atoms with van der Waals surface area (Å²) in [5, 5.41) is 17.1. The Morgan fingerprint density at radius 3 is 3.07 bits per heavy atom. The van der Waals surface area contributed by atoms with Gasteiger partial charge in [-0.3, -0.25) is 4.68 Å². The molecular formula is C10H18N4O. The van der Waals surface area contributed by atoms with Crippen molar-refractivity contribution in [3.05, 3.63) is 12.2 Å². The van der Waals surface area contributed by atoms with Crippen molar-refractivity contribution in [2.75, 3.05) is 6.54 Å². The predicted molar refractivity (Wildman–Crippen MR) is 56.4 cm³/mol. The molecule has 1 saturated carbocycles. The van der Waals surface area contributed by atoms with Crippen LogP contribution in [0, 0.1) is 0 Å². The molecule has 0 aliphatic heterocycles. The lowest BCUT2D eigenvalue weighted by molar-refractivity contribution is 0.149. The Labute approximate surface area is 89.5 Å². The van der Waals surface area contributed by atoms with Gasteiger partial charge >= 0.3 is 0 Å². The third-order valence-corrected chi connectivity index (χ3v) is 2.88. The number of aliphatic hydroxyl groups excluding tert-OH is 1. The van der Waals surface area contributed by atoms with E-state index in [1.807, 2.05) is 7.05 Å². The first-order valence-corrected chi connectivity index (χ1v) is 5.51. The molecule has 0 bridgehead atoms. The molecule has 1 heterocycles. The van der Waals surface area contributed by atoms with Crippen LogP contribution in [0.25, 0.3) is 0 Å². The second kappa shape index (κ2) is 4.72. The van der Waals surface area contributed by atoms with E-state index in [1.54, 1.807) is 11.0 Å². The van der Waals surface area contributed by atoms with Crippen molar-refractivity contribution in [1.29, 1.82) is 0 Å². The molecule has 2 rings (SSSR count). The van der Waals surface area contributed by atoms with Crippen LogP contribution in [0.3, 0.4) is 0 Å². The zero-order valence-corrected chi connectivity index (χ0v) is 9.06. The summed E-state index contributed by atoms with van der Waals surface area (Å²) in [4.78, 5) is 4.15. The number of aromatic nitrogens is 3. The first-order chi connectivity index (χ1) is 7.25. The summed E-state index contributed by atoms with van der Waals surface area (Å²) in [6.07, 6.45) is 5.50. The van der Waals surface area contributed by atoms with Gasteiger partial charge in [-0.25, -0.2) is 4.98 Å². The predicted octanol–water partition coefficient (Wildman–Crippen LogP) is -0.139. The van der Waals surface area contributed by atoms with Crippen LogP contribution in [-0.2, 0) is 13.5 Å². The van der Waals surface area contributed by atoms with E-state index < -0.39 is 0 Å². The van der Waals surface area contributed by atoms with E-state index in [-0.39, 0.29) is 12.1 Å². The summed E-state index contributed by atoms with van der Waals surface area (Å²) in [5.74, 6) is 0.859. The van der Waals surface area contributed by atoms with Gasteiger partial charge in [0.1, 0.15) is 6.33 Å². The summed E-state index contributed by atoms with van der Waals surface area (Å²) in [6.45, 7) is 0.839. The van der Waals surface area contributed by atoms with Gasteiger partial charge in [0.2, 0.25) is 0 Å². The van der Waals surface area contributed by atoms with E-state index in [2.05, 4.69) is 15.4 Å². The molecule has 1 aromatic rings. The highest BCUT2D eigenvalue weighted by Gasteiger charge is 2.24. The smallest absolute Gasteiger partial charge is 0.151 e. The summed E-state index contributed by atoms with van der Waals surface area (Å²) in [7, 11) is 1.87. The van der Waals surface area contributed by atoms with Gasteiger partial charge in [-0.05, 0) is 19.3 Å². The van der Waals surface area contributed by atoms with Crippen molar-refractivity contribution in [1.82, 2.24) is 20.1 Å². The topological polar surface area (TPSA) is 63.0 Å². The highest BCUT2D eigenvalue weighted by Crippen LogP contribution is 2.18. The van der Waals surface area contributed by atoms with Crippen LogP contribution in [-0.4, -0.2) is 38.6 Å². The first-order valence-electron chi connectivity index (χ1n) is 5.51. The van der Waals surface area contributed by atoms with Crippen molar-refractivity contribution >= 4 is 0 Å². The Hall–Kier alpha value is -0.940. The van der Waals surface area contributed by atoms with Gasteiger partial charge in [0.25, 0.3) is 0 Å². The molecule has 1 aliphatic carbocycles. The second-order valence-electron chi connectivity index (χ2n) is 4.14. The number of hydrogen-bond donors (Lipinski definition) is 2. The summed E-state index contributed by atoms with van der Waals surface area (Å²) in [6, 6.07) is 0.272. The largest absolute Gasteiger partial charge is 0.392 e. The lowest BCUT2D eigenvalue weighted by Crippen LogP contribution is -2.36. The maximum absolute atomic E-state index is 9.59. The second-order valence-corrected chi connectivity index (χ2v) is 4.14. The van der Waals surface area contributed by atoms with Gasteiger partial charge in [-0.15, -0.1) is 0 Å². The number of nitrogens with one attached hydrogen (secondary N) is 1. The zero-order chi connectivity index (χ0) is 10.7. The molecule has 1 aliphatic rings. The average Bonchev–Trinajstić information content (AvgIpc) is 2.77. The Balaban J connectivity index is 1.70. The lowest BCUT2D eigenvalue weighted by Gasteiger charge is -2.15. The minimum atomic E-state index is -0.165. The fourth-order valence-electron chi connectivity index (χ4n) is 2.05. The quantitative estimate of drug-likeness (QED) is 0.726. The molecule has 0 saturated heterocycles. The van der Waals surface area contributed by atoms with Gasteiger partial charge in [-0.1, -0.05) is 0 Å². The van der Waals surface area contributed by atoms with E-state index >= 15 is 0 Å². The van der Waals surface area contributed by atoms with Crippen molar-refractivity contribution in [2.24, 2.45) is 7.05 Å². The minimum Gasteiger partial charge on any atom is -0.392 e. The molecule has 5 nitrogen and oxygen atoms in total. The summed E-state index contributed by atoms with van der Waals surface area (Å²) >= 11 is 0. The Bertz CT molecular complexity index is 312. The van der Waals surface area contributed by atoms with Crippen molar-refractivity contribution in [3.63, 3.8) is 0 Å². The van der Waals surface area contributed by atoms with Crippen LogP contribution < -0.4 is 5.32 Å². The van der Waals surface area contributed by atoms with Gasteiger partial charge in [0, 0.05) is 26.1 Å². The molecule has 2 N–H and O–H groups in total. The minimum absolute atomic E-state index is 0.165. The van der Waals surface area contributed by atoms with E-state index in [1.165, 1.54) is 0 Å². The molecular weight excluding hydrogens is 192 g/mol. The molecule has 1 fully saturated rings. The highest BCUT2D eigenvalue weighted by atomic mass is 16.3. The number of hydrogen-bond acceptors (Lipinski definition) is 4. The van der Waals surface area contributed by atoms with Crippen molar-refractivity contribution in [2.45, 2.75) is 37.8 Å². The number of nitrogens with zero attached hydrogens (tertiary/aromatic N) is 3.